The van der Waals surface area contributed by atoms with Crippen LogP contribution in [0.2, 0.25) is 0 Å². The molecule has 2 heterocycles. The van der Waals surface area contributed by atoms with Crippen molar-refractivity contribution in [3.63, 3.8) is 0 Å². The van der Waals surface area contributed by atoms with Crippen molar-refractivity contribution >= 4 is 17.7 Å². The smallest absolute Gasteiger partial charge is 0.230 e. The normalized spacial score (nSPS) is 15.1. The van der Waals surface area contributed by atoms with Gasteiger partial charge in [0.05, 0.1) is 17.6 Å². The number of rotatable bonds is 7. The number of amides is 1. The molecule has 0 atom stereocenters. The molecule has 0 bridgehead atoms. The van der Waals surface area contributed by atoms with Crippen LogP contribution in [0, 0.1) is 6.92 Å². The number of hydrogen-bond donors (Lipinski definition) is 1. The van der Waals surface area contributed by atoms with Crippen LogP contribution in [0.1, 0.15) is 44.8 Å². The molecule has 2 aromatic heterocycles. The van der Waals surface area contributed by atoms with Gasteiger partial charge in [-0.05, 0) is 32.3 Å². The predicted molar refractivity (Wildman–Crippen MR) is 93.9 cm³/mol. The van der Waals surface area contributed by atoms with Crippen LogP contribution < -0.4 is 5.32 Å². The average Bonchev–Trinajstić information content (AvgIpc) is 3.28. The zero-order valence-corrected chi connectivity index (χ0v) is 15.1. The first-order chi connectivity index (χ1) is 11.7. The van der Waals surface area contributed by atoms with E-state index < -0.39 is 0 Å². The lowest BCUT2D eigenvalue weighted by Gasteiger charge is -2.12. The zero-order chi connectivity index (χ0) is 16.9. The highest BCUT2D eigenvalue weighted by Crippen LogP contribution is 2.27. The van der Waals surface area contributed by atoms with Gasteiger partial charge in [-0.3, -0.25) is 4.79 Å². The maximum absolute atomic E-state index is 12.1. The van der Waals surface area contributed by atoms with Crippen molar-refractivity contribution in [2.24, 2.45) is 0 Å². The number of aromatic nitrogens is 3. The van der Waals surface area contributed by atoms with Crippen LogP contribution in [0.3, 0.4) is 0 Å². The number of nitrogens with one attached hydrogen (secondary N) is 1. The summed E-state index contributed by atoms with van der Waals surface area (Å²) < 4.78 is 7.46. The molecule has 6 nitrogen and oxygen atoms in total. The van der Waals surface area contributed by atoms with Gasteiger partial charge in [0.2, 0.25) is 5.91 Å². The summed E-state index contributed by atoms with van der Waals surface area (Å²) in [4.78, 5) is 12.1. The van der Waals surface area contributed by atoms with E-state index in [0.29, 0.717) is 11.8 Å². The van der Waals surface area contributed by atoms with Gasteiger partial charge >= 0.3 is 0 Å². The van der Waals surface area contributed by atoms with E-state index >= 15 is 0 Å². The Labute approximate surface area is 146 Å². The van der Waals surface area contributed by atoms with Gasteiger partial charge in [-0.1, -0.05) is 31.5 Å². The van der Waals surface area contributed by atoms with E-state index in [1.54, 1.807) is 6.26 Å². The van der Waals surface area contributed by atoms with Crippen LogP contribution in [-0.2, 0) is 11.3 Å². The maximum Gasteiger partial charge on any atom is 0.230 e. The third kappa shape index (κ3) is 3.83. The summed E-state index contributed by atoms with van der Waals surface area (Å²) >= 11 is 1.45. The topological polar surface area (TPSA) is 73.0 Å². The summed E-state index contributed by atoms with van der Waals surface area (Å²) in [6.45, 7) is 4.86. The second kappa shape index (κ2) is 7.88. The molecule has 1 fully saturated rings. The van der Waals surface area contributed by atoms with Crippen LogP contribution >= 0.6 is 11.8 Å². The predicted octanol–water partition coefficient (Wildman–Crippen LogP) is 3.41. The lowest BCUT2D eigenvalue weighted by atomic mass is 10.2. The molecule has 0 saturated heterocycles. The minimum Gasteiger partial charge on any atom is -0.469 e. The molecule has 1 aliphatic rings. The van der Waals surface area contributed by atoms with Gasteiger partial charge in [0.25, 0.3) is 0 Å². The second-order valence-electron chi connectivity index (χ2n) is 6.19. The van der Waals surface area contributed by atoms with Gasteiger partial charge in [0, 0.05) is 12.6 Å². The van der Waals surface area contributed by atoms with Crippen molar-refractivity contribution in [2.45, 2.75) is 63.7 Å². The molecule has 0 spiro atoms. The van der Waals surface area contributed by atoms with Gasteiger partial charge in [-0.2, -0.15) is 0 Å². The highest BCUT2D eigenvalue weighted by molar-refractivity contribution is 7.99. The van der Waals surface area contributed by atoms with E-state index in [4.69, 9.17) is 4.42 Å². The minimum atomic E-state index is 0.0824. The zero-order valence-electron chi connectivity index (χ0n) is 14.2. The molecule has 24 heavy (non-hydrogen) atoms. The van der Waals surface area contributed by atoms with Crippen molar-refractivity contribution in [2.75, 3.05) is 5.75 Å². The molecule has 7 heteroatoms. The molecule has 0 radical (unpaired) electrons. The van der Waals surface area contributed by atoms with Crippen molar-refractivity contribution in [3.8, 4) is 11.4 Å². The van der Waals surface area contributed by atoms with E-state index in [-0.39, 0.29) is 5.91 Å². The van der Waals surface area contributed by atoms with E-state index in [0.717, 1.165) is 48.1 Å². The fourth-order valence-electron chi connectivity index (χ4n) is 3.11. The molecule has 3 rings (SSSR count). The summed E-state index contributed by atoms with van der Waals surface area (Å²) in [5.74, 6) is 2.10. The Morgan fingerprint density at radius 3 is 2.88 bits per heavy atom. The van der Waals surface area contributed by atoms with Gasteiger partial charge < -0.3 is 14.3 Å². The molecule has 2 aromatic rings. The first-order valence-corrected chi connectivity index (χ1v) is 9.57. The molecule has 0 aromatic carbocycles. The van der Waals surface area contributed by atoms with E-state index in [2.05, 4.69) is 27.0 Å². The van der Waals surface area contributed by atoms with Crippen LogP contribution in [0.4, 0.5) is 0 Å². The molecule has 0 aliphatic heterocycles. The molecule has 130 valence electrons. The number of nitrogens with zero attached hydrogens (tertiary/aromatic N) is 3. The van der Waals surface area contributed by atoms with Crippen LogP contribution in [0.5, 0.6) is 0 Å². The summed E-state index contributed by atoms with van der Waals surface area (Å²) in [5.41, 5.74) is 0.957. The van der Waals surface area contributed by atoms with Crippen LogP contribution in [0.15, 0.2) is 21.9 Å². The Balaban J connectivity index is 1.67. The molecule has 1 amide bonds. The maximum atomic E-state index is 12.1. The van der Waals surface area contributed by atoms with Crippen molar-refractivity contribution < 1.29 is 9.21 Å². The Bertz CT molecular complexity index is 689. The van der Waals surface area contributed by atoms with Gasteiger partial charge in [0.15, 0.2) is 11.0 Å². The quantitative estimate of drug-likeness (QED) is 0.776. The molecular formula is C17H24N4O2S. The molecule has 1 saturated carbocycles. The van der Waals surface area contributed by atoms with Crippen LogP contribution in [-0.4, -0.2) is 32.5 Å². The minimum absolute atomic E-state index is 0.0824. The van der Waals surface area contributed by atoms with Gasteiger partial charge in [-0.25, -0.2) is 0 Å². The molecular weight excluding hydrogens is 324 g/mol. The fraction of sp³-hybridized carbons (Fsp3) is 0.588. The number of hydrogen-bond acceptors (Lipinski definition) is 5. The standard InChI is InChI=1S/C17H24N4O2S/c1-3-9-21-16(14-8-10-23-12(14)2)19-20-17(21)24-11-15(22)18-13-6-4-5-7-13/h8,10,13H,3-7,9,11H2,1-2H3,(H,18,22). The van der Waals surface area contributed by atoms with Crippen LogP contribution in [0.25, 0.3) is 11.4 Å². The number of furan rings is 1. The van der Waals surface area contributed by atoms with Crippen molar-refractivity contribution in [1.82, 2.24) is 20.1 Å². The Morgan fingerprint density at radius 2 is 2.21 bits per heavy atom. The van der Waals surface area contributed by atoms with Crippen molar-refractivity contribution in [3.05, 3.63) is 18.1 Å². The number of carbonyl (C=O) groups excluding carboxylic acids is 1. The molecule has 0 unspecified atom stereocenters. The van der Waals surface area contributed by atoms with Gasteiger partial charge in [-0.15, -0.1) is 10.2 Å². The number of carbonyl (C=O) groups is 1. The summed E-state index contributed by atoms with van der Waals surface area (Å²) in [5, 5.41) is 12.5. The van der Waals surface area contributed by atoms with Gasteiger partial charge in [0.1, 0.15) is 5.76 Å². The lowest BCUT2D eigenvalue weighted by Crippen LogP contribution is -2.33. The third-order valence-electron chi connectivity index (χ3n) is 4.32. The Hall–Kier alpha value is -1.76. The first kappa shape index (κ1) is 17.1. The van der Waals surface area contributed by atoms with E-state index in [1.807, 2.05) is 13.0 Å². The fourth-order valence-corrected chi connectivity index (χ4v) is 3.88. The molecule has 1 aliphatic carbocycles. The Morgan fingerprint density at radius 1 is 1.42 bits per heavy atom. The lowest BCUT2D eigenvalue weighted by molar-refractivity contribution is -0.119. The van der Waals surface area contributed by atoms with Crippen molar-refractivity contribution in [1.29, 1.82) is 0 Å². The number of thioether (sulfide) groups is 1. The Kier molecular flexibility index (Phi) is 5.60. The first-order valence-electron chi connectivity index (χ1n) is 8.59. The largest absolute Gasteiger partial charge is 0.469 e. The van der Waals surface area contributed by atoms with E-state index in [1.165, 1.54) is 24.6 Å². The monoisotopic (exact) mass is 348 g/mol. The highest BCUT2D eigenvalue weighted by atomic mass is 32.2. The summed E-state index contributed by atoms with van der Waals surface area (Å²) in [6.07, 6.45) is 7.28. The summed E-state index contributed by atoms with van der Waals surface area (Å²) in [7, 11) is 0. The average molecular weight is 348 g/mol. The van der Waals surface area contributed by atoms with E-state index in [9.17, 15) is 4.79 Å². The second-order valence-corrected chi connectivity index (χ2v) is 7.13. The summed E-state index contributed by atoms with van der Waals surface area (Å²) in [6, 6.07) is 2.27. The third-order valence-corrected chi connectivity index (χ3v) is 5.28. The SMILES string of the molecule is CCCn1c(SCC(=O)NC2CCCC2)nnc1-c1ccoc1C. The molecule has 1 N–H and O–H groups in total. The number of aryl methyl sites for hydroxylation is 1. The highest BCUT2D eigenvalue weighted by Gasteiger charge is 2.20.